The number of carbonyl (C=O) groups excluding carboxylic acids is 1. The van der Waals surface area contributed by atoms with E-state index in [9.17, 15) is 4.79 Å². The summed E-state index contributed by atoms with van der Waals surface area (Å²) in [6.07, 6.45) is 5.06. The molecule has 0 fully saturated rings. The average molecular weight is 211 g/mol. The van der Waals surface area contributed by atoms with Crippen LogP contribution >= 0.6 is 0 Å². The molecular formula is C13H25NO. The number of hydrogen-bond donors (Lipinski definition) is 1. The number of hydrogen-bond acceptors (Lipinski definition) is 2. The molecule has 0 rings (SSSR count). The SMILES string of the molecule is CC(=O)[C@@H](/C=C/CNC(C)C)CC(C)C. The van der Waals surface area contributed by atoms with Gasteiger partial charge in [0.15, 0.2) is 0 Å². The molecule has 2 heteroatoms. The Bertz CT molecular complexity index is 207. The Morgan fingerprint density at radius 1 is 1.27 bits per heavy atom. The van der Waals surface area contributed by atoms with Gasteiger partial charge in [-0.1, -0.05) is 39.8 Å². The van der Waals surface area contributed by atoms with Gasteiger partial charge in [-0.15, -0.1) is 0 Å². The summed E-state index contributed by atoms with van der Waals surface area (Å²) in [7, 11) is 0. The molecule has 0 amide bonds. The lowest BCUT2D eigenvalue weighted by atomic mass is 9.93. The molecule has 0 aliphatic carbocycles. The van der Waals surface area contributed by atoms with Gasteiger partial charge in [0.25, 0.3) is 0 Å². The van der Waals surface area contributed by atoms with Crippen molar-refractivity contribution in [1.29, 1.82) is 0 Å². The predicted octanol–water partition coefficient (Wildman–Crippen LogP) is 2.79. The third-order valence-electron chi connectivity index (χ3n) is 2.26. The van der Waals surface area contributed by atoms with Crippen LogP contribution in [0.5, 0.6) is 0 Å². The van der Waals surface area contributed by atoms with Gasteiger partial charge in [-0.3, -0.25) is 4.79 Å². The summed E-state index contributed by atoms with van der Waals surface area (Å²) in [4.78, 5) is 11.3. The van der Waals surface area contributed by atoms with Crippen LogP contribution < -0.4 is 5.32 Å². The van der Waals surface area contributed by atoms with E-state index >= 15 is 0 Å². The second kappa shape index (κ2) is 7.63. The number of rotatable bonds is 7. The Morgan fingerprint density at radius 2 is 1.87 bits per heavy atom. The number of carbonyl (C=O) groups is 1. The third kappa shape index (κ3) is 8.37. The van der Waals surface area contributed by atoms with Crippen molar-refractivity contribution in [2.75, 3.05) is 6.54 Å². The first-order valence-corrected chi connectivity index (χ1v) is 5.84. The Morgan fingerprint density at radius 3 is 2.27 bits per heavy atom. The van der Waals surface area contributed by atoms with Crippen molar-refractivity contribution in [2.24, 2.45) is 11.8 Å². The number of ketones is 1. The number of nitrogens with one attached hydrogen (secondary N) is 1. The van der Waals surface area contributed by atoms with E-state index in [0.29, 0.717) is 12.0 Å². The first-order chi connectivity index (χ1) is 6.93. The summed E-state index contributed by atoms with van der Waals surface area (Å²) >= 11 is 0. The van der Waals surface area contributed by atoms with Crippen molar-refractivity contribution in [3.05, 3.63) is 12.2 Å². The largest absolute Gasteiger partial charge is 0.311 e. The van der Waals surface area contributed by atoms with E-state index in [2.05, 4.69) is 39.1 Å². The predicted molar refractivity (Wildman–Crippen MR) is 65.9 cm³/mol. The molecule has 0 aromatic rings. The highest BCUT2D eigenvalue weighted by Crippen LogP contribution is 2.13. The smallest absolute Gasteiger partial charge is 0.136 e. The van der Waals surface area contributed by atoms with Crippen LogP contribution in [0.4, 0.5) is 0 Å². The van der Waals surface area contributed by atoms with Crippen LogP contribution in [-0.4, -0.2) is 18.4 Å². The zero-order valence-corrected chi connectivity index (χ0v) is 10.7. The summed E-state index contributed by atoms with van der Waals surface area (Å²) in [5, 5.41) is 3.29. The van der Waals surface area contributed by atoms with Crippen molar-refractivity contribution in [2.45, 2.75) is 47.1 Å². The summed E-state index contributed by atoms with van der Waals surface area (Å²) in [6, 6.07) is 0.496. The zero-order valence-electron chi connectivity index (χ0n) is 10.7. The maximum absolute atomic E-state index is 11.3. The maximum Gasteiger partial charge on any atom is 0.136 e. The summed E-state index contributed by atoms with van der Waals surface area (Å²) in [5.41, 5.74) is 0. The summed E-state index contributed by atoms with van der Waals surface area (Å²) in [5.74, 6) is 0.935. The highest BCUT2D eigenvalue weighted by Gasteiger charge is 2.11. The minimum Gasteiger partial charge on any atom is -0.311 e. The van der Waals surface area contributed by atoms with E-state index in [4.69, 9.17) is 0 Å². The first-order valence-electron chi connectivity index (χ1n) is 5.84. The molecule has 15 heavy (non-hydrogen) atoms. The molecule has 0 unspecified atom stereocenters. The molecule has 1 N–H and O–H groups in total. The molecule has 2 nitrogen and oxygen atoms in total. The maximum atomic E-state index is 11.3. The first kappa shape index (κ1) is 14.4. The molecule has 0 saturated carbocycles. The Hall–Kier alpha value is -0.630. The molecule has 0 radical (unpaired) electrons. The third-order valence-corrected chi connectivity index (χ3v) is 2.26. The molecule has 1 atom stereocenters. The van der Waals surface area contributed by atoms with Gasteiger partial charge in [0.1, 0.15) is 5.78 Å². The Labute approximate surface area is 94.1 Å². The fraction of sp³-hybridized carbons (Fsp3) is 0.769. The Balaban J connectivity index is 3.99. The molecule has 0 aliphatic heterocycles. The van der Waals surface area contributed by atoms with E-state index in [1.807, 2.05) is 6.08 Å². The van der Waals surface area contributed by atoms with Crippen molar-refractivity contribution in [3.8, 4) is 0 Å². The fourth-order valence-electron chi connectivity index (χ4n) is 1.42. The van der Waals surface area contributed by atoms with Crippen LogP contribution in [0.15, 0.2) is 12.2 Å². The standard InChI is InChI=1S/C13H25NO/c1-10(2)9-13(12(5)15)7-6-8-14-11(3)4/h6-7,10-11,13-14H,8-9H2,1-5H3/b7-6+/t13-/m0/s1. The van der Waals surface area contributed by atoms with Crippen LogP contribution in [0, 0.1) is 11.8 Å². The lowest BCUT2D eigenvalue weighted by molar-refractivity contribution is -0.119. The van der Waals surface area contributed by atoms with E-state index < -0.39 is 0 Å². The second-order valence-corrected chi connectivity index (χ2v) is 4.84. The van der Waals surface area contributed by atoms with E-state index in [-0.39, 0.29) is 11.7 Å². The molecular weight excluding hydrogens is 186 g/mol. The summed E-state index contributed by atoms with van der Waals surface area (Å²) < 4.78 is 0. The Kier molecular flexibility index (Phi) is 7.31. The quantitative estimate of drug-likeness (QED) is 0.656. The lowest BCUT2D eigenvalue weighted by Crippen LogP contribution is -2.22. The minimum atomic E-state index is 0.0963. The zero-order chi connectivity index (χ0) is 11.8. The fourth-order valence-corrected chi connectivity index (χ4v) is 1.42. The van der Waals surface area contributed by atoms with Gasteiger partial charge >= 0.3 is 0 Å². The van der Waals surface area contributed by atoms with Crippen LogP contribution in [-0.2, 0) is 4.79 Å². The van der Waals surface area contributed by atoms with Gasteiger partial charge in [0.2, 0.25) is 0 Å². The van der Waals surface area contributed by atoms with Crippen LogP contribution in [0.3, 0.4) is 0 Å². The highest BCUT2D eigenvalue weighted by molar-refractivity contribution is 5.80. The topological polar surface area (TPSA) is 29.1 Å². The normalized spacial score (nSPS) is 14.1. The van der Waals surface area contributed by atoms with Gasteiger partial charge in [0.05, 0.1) is 0 Å². The van der Waals surface area contributed by atoms with Crippen LogP contribution in [0.25, 0.3) is 0 Å². The van der Waals surface area contributed by atoms with E-state index in [1.165, 1.54) is 0 Å². The average Bonchev–Trinajstić information content (AvgIpc) is 2.08. The van der Waals surface area contributed by atoms with E-state index in [0.717, 1.165) is 13.0 Å². The van der Waals surface area contributed by atoms with Gasteiger partial charge in [0, 0.05) is 18.5 Å². The molecule has 0 saturated heterocycles. The number of Topliss-reactive ketones (excluding diaryl/α,β-unsaturated/α-hetero) is 1. The van der Waals surface area contributed by atoms with Crippen molar-refractivity contribution < 1.29 is 4.79 Å². The van der Waals surface area contributed by atoms with Crippen LogP contribution in [0.2, 0.25) is 0 Å². The molecule has 0 aliphatic rings. The lowest BCUT2D eigenvalue weighted by Gasteiger charge is -2.12. The van der Waals surface area contributed by atoms with Gasteiger partial charge in [-0.2, -0.15) is 0 Å². The van der Waals surface area contributed by atoms with Gasteiger partial charge < -0.3 is 5.32 Å². The van der Waals surface area contributed by atoms with E-state index in [1.54, 1.807) is 6.92 Å². The molecule has 88 valence electrons. The van der Waals surface area contributed by atoms with Gasteiger partial charge in [-0.25, -0.2) is 0 Å². The molecule has 0 heterocycles. The van der Waals surface area contributed by atoms with Crippen LogP contribution in [0.1, 0.15) is 41.0 Å². The summed E-state index contributed by atoms with van der Waals surface area (Å²) in [6.45, 7) is 11.0. The molecule has 0 spiro atoms. The second-order valence-electron chi connectivity index (χ2n) is 4.84. The van der Waals surface area contributed by atoms with Crippen molar-refractivity contribution >= 4 is 5.78 Å². The molecule has 0 aromatic heterocycles. The van der Waals surface area contributed by atoms with Crippen molar-refractivity contribution in [3.63, 3.8) is 0 Å². The highest BCUT2D eigenvalue weighted by atomic mass is 16.1. The van der Waals surface area contributed by atoms with Gasteiger partial charge in [-0.05, 0) is 19.3 Å². The molecule has 0 bridgehead atoms. The monoisotopic (exact) mass is 211 g/mol. The van der Waals surface area contributed by atoms with Crippen molar-refractivity contribution in [1.82, 2.24) is 5.32 Å². The minimum absolute atomic E-state index is 0.0963. The molecule has 0 aromatic carbocycles. The number of allylic oxidation sites excluding steroid dienone is 1.